The zero-order chi connectivity index (χ0) is 13.5. The van der Waals surface area contributed by atoms with Crippen LogP contribution in [0, 0.1) is 0 Å². The monoisotopic (exact) mass is 253 g/mol. The lowest BCUT2D eigenvalue weighted by Crippen LogP contribution is -2.13. The predicted molar refractivity (Wildman–Crippen MR) is 73.7 cm³/mol. The molecule has 0 spiro atoms. The van der Waals surface area contributed by atoms with E-state index in [1.54, 1.807) is 6.20 Å². The van der Waals surface area contributed by atoms with Crippen molar-refractivity contribution in [2.75, 3.05) is 0 Å². The van der Waals surface area contributed by atoms with E-state index in [0.29, 0.717) is 11.7 Å². The van der Waals surface area contributed by atoms with Crippen molar-refractivity contribution in [2.45, 2.75) is 26.2 Å². The first kappa shape index (κ1) is 11.8. The number of aromatic nitrogens is 3. The summed E-state index contributed by atoms with van der Waals surface area (Å²) < 4.78 is 5.40. The molecular weight excluding hydrogens is 238 g/mol. The molecule has 0 fully saturated rings. The fourth-order valence-electron chi connectivity index (χ4n) is 1.92. The summed E-state index contributed by atoms with van der Waals surface area (Å²) in [5.41, 5.74) is 1.73. The van der Waals surface area contributed by atoms with Gasteiger partial charge in [0.25, 0.3) is 5.89 Å². The van der Waals surface area contributed by atoms with Gasteiger partial charge in [0.2, 0.25) is 0 Å². The third kappa shape index (κ3) is 2.10. The summed E-state index contributed by atoms with van der Waals surface area (Å²) >= 11 is 0. The Bertz CT molecular complexity index is 720. The maximum atomic E-state index is 5.40. The summed E-state index contributed by atoms with van der Waals surface area (Å²) in [6.45, 7) is 6.19. The van der Waals surface area contributed by atoms with E-state index in [0.717, 1.165) is 16.5 Å². The number of pyridine rings is 1. The molecule has 0 unspecified atom stereocenters. The van der Waals surface area contributed by atoms with E-state index in [-0.39, 0.29) is 5.41 Å². The van der Waals surface area contributed by atoms with Gasteiger partial charge in [0.05, 0.1) is 11.1 Å². The van der Waals surface area contributed by atoms with Crippen LogP contribution in [0.15, 0.2) is 41.1 Å². The van der Waals surface area contributed by atoms with Gasteiger partial charge in [-0.25, -0.2) is 0 Å². The number of nitrogens with zero attached hydrogens (tertiary/aromatic N) is 3. The molecule has 0 amide bonds. The number of para-hydroxylation sites is 1. The van der Waals surface area contributed by atoms with Crippen LogP contribution in [0.5, 0.6) is 0 Å². The van der Waals surface area contributed by atoms with E-state index in [2.05, 4.69) is 35.9 Å². The molecule has 0 N–H and O–H groups in total. The van der Waals surface area contributed by atoms with Crippen molar-refractivity contribution in [3.05, 3.63) is 42.4 Å². The zero-order valence-corrected chi connectivity index (χ0v) is 11.2. The SMILES string of the molecule is CC(C)(C)c1noc(-c2ccnc3ccccc23)n1. The first-order valence-corrected chi connectivity index (χ1v) is 6.24. The van der Waals surface area contributed by atoms with Crippen molar-refractivity contribution in [2.24, 2.45) is 0 Å². The van der Waals surface area contributed by atoms with Crippen LogP contribution in [0.1, 0.15) is 26.6 Å². The highest BCUT2D eigenvalue weighted by Crippen LogP contribution is 2.28. The Kier molecular flexibility index (Phi) is 2.59. The van der Waals surface area contributed by atoms with Crippen LogP contribution < -0.4 is 0 Å². The molecule has 0 saturated carbocycles. The van der Waals surface area contributed by atoms with E-state index < -0.39 is 0 Å². The molecule has 4 heteroatoms. The highest BCUT2D eigenvalue weighted by molar-refractivity contribution is 5.91. The fraction of sp³-hybridized carbons (Fsp3) is 0.267. The average molecular weight is 253 g/mol. The molecule has 2 aromatic heterocycles. The van der Waals surface area contributed by atoms with E-state index in [4.69, 9.17) is 4.52 Å². The lowest BCUT2D eigenvalue weighted by molar-refractivity contribution is 0.402. The Morgan fingerprint density at radius 2 is 1.84 bits per heavy atom. The van der Waals surface area contributed by atoms with Crippen LogP contribution in [0.2, 0.25) is 0 Å². The molecule has 0 aliphatic heterocycles. The summed E-state index contributed by atoms with van der Waals surface area (Å²) in [5, 5.41) is 5.09. The van der Waals surface area contributed by atoms with Gasteiger partial charge in [-0.05, 0) is 12.1 Å². The minimum atomic E-state index is -0.120. The summed E-state index contributed by atoms with van der Waals surface area (Å²) in [7, 11) is 0. The summed E-state index contributed by atoms with van der Waals surface area (Å²) in [6.07, 6.45) is 1.76. The Labute approximate surface area is 111 Å². The molecule has 1 aromatic carbocycles. The second kappa shape index (κ2) is 4.16. The summed E-state index contributed by atoms with van der Waals surface area (Å²) in [5.74, 6) is 1.26. The van der Waals surface area contributed by atoms with Gasteiger partial charge in [-0.3, -0.25) is 4.98 Å². The van der Waals surface area contributed by atoms with Crippen LogP contribution in [0.4, 0.5) is 0 Å². The van der Waals surface area contributed by atoms with Crippen molar-refractivity contribution < 1.29 is 4.52 Å². The number of hydrogen-bond donors (Lipinski definition) is 0. The van der Waals surface area contributed by atoms with Crippen LogP contribution in [-0.2, 0) is 5.41 Å². The van der Waals surface area contributed by atoms with Crippen molar-refractivity contribution in [3.63, 3.8) is 0 Å². The number of benzene rings is 1. The lowest BCUT2D eigenvalue weighted by atomic mass is 9.96. The third-order valence-corrected chi connectivity index (χ3v) is 2.98. The smallest absolute Gasteiger partial charge is 0.258 e. The Morgan fingerprint density at radius 3 is 2.58 bits per heavy atom. The lowest BCUT2D eigenvalue weighted by Gasteiger charge is -2.10. The van der Waals surface area contributed by atoms with Gasteiger partial charge in [-0.1, -0.05) is 44.1 Å². The molecule has 3 rings (SSSR count). The van der Waals surface area contributed by atoms with Gasteiger partial charge < -0.3 is 4.52 Å². The van der Waals surface area contributed by atoms with Crippen LogP contribution in [-0.4, -0.2) is 15.1 Å². The maximum Gasteiger partial charge on any atom is 0.258 e. The minimum Gasteiger partial charge on any atom is -0.334 e. The van der Waals surface area contributed by atoms with Gasteiger partial charge in [-0.15, -0.1) is 0 Å². The molecular formula is C15H15N3O. The molecule has 2 heterocycles. The Hall–Kier alpha value is -2.23. The standard InChI is InChI=1S/C15H15N3O/c1-15(2,3)14-17-13(19-18-14)11-8-9-16-12-7-5-4-6-10(11)12/h4-9H,1-3H3. The second-order valence-electron chi connectivity index (χ2n) is 5.55. The number of rotatable bonds is 1. The molecule has 19 heavy (non-hydrogen) atoms. The largest absolute Gasteiger partial charge is 0.334 e. The molecule has 0 radical (unpaired) electrons. The van der Waals surface area contributed by atoms with Gasteiger partial charge >= 0.3 is 0 Å². The quantitative estimate of drug-likeness (QED) is 0.665. The topological polar surface area (TPSA) is 51.8 Å². The molecule has 96 valence electrons. The summed E-state index contributed by atoms with van der Waals surface area (Å²) in [4.78, 5) is 8.83. The zero-order valence-electron chi connectivity index (χ0n) is 11.2. The second-order valence-corrected chi connectivity index (χ2v) is 5.55. The molecule has 0 aliphatic carbocycles. The maximum absolute atomic E-state index is 5.40. The van der Waals surface area contributed by atoms with Gasteiger partial charge in [-0.2, -0.15) is 4.98 Å². The normalized spacial score (nSPS) is 11.9. The number of fused-ring (bicyclic) bond motifs is 1. The predicted octanol–water partition coefficient (Wildman–Crippen LogP) is 3.58. The Morgan fingerprint density at radius 1 is 1.05 bits per heavy atom. The van der Waals surface area contributed by atoms with Crippen LogP contribution in [0.25, 0.3) is 22.4 Å². The molecule has 4 nitrogen and oxygen atoms in total. The minimum absolute atomic E-state index is 0.120. The van der Waals surface area contributed by atoms with E-state index in [9.17, 15) is 0 Å². The van der Waals surface area contributed by atoms with E-state index >= 15 is 0 Å². The van der Waals surface area contributed by atoms with E-state index in [1.165, 1.54) is 0 Å². The number of hydrogen-bond acceptors (Lipinski definition) is 4. The molecule has 0 bridgehead atoms. The molecule has 0 aliphatic rings. The average Bonchev–Trinajstić information content (AvgIpc) is 2.87. The van der Waals surface area contributed by atoms with Crippen LogP contribution in [0.3, 0.4) is 0 Å². The van der Waals surface area contributed by atoms with Crippen molar-refractivity contribution in [1.29, 1.82) is 0 Å². The first-order chi connectivity index (χ1) is 9.05. The van der Waals surface area contributed by atoms with E-state index in [1.807, 2.05) is 30.3 Å². The molecule has 3 aromatic rings. The third-order valence-electron chi connectivity index (χ3n) is 2.98. The van der Waals surface area contributed by atoms with Gasteiger partial charge in [0.1, 0.15) is 0 Å². The van der Waals surface area contributed by atoms with Crippen molar-refractivity contribution in [3.8, 4) is 11.5 Å². The fourth-order valence-corrected chi connectivity index (χ4v) is 1.92. The van der Waals surface area contributed by atoms with Crippen molar-refractivity contribution >= 4 is 10.9 Å². The highest BCUT2D eigenvalue weighted by Gasteiger charge is 2.22. The molecule has 0 atom stereocenters. The van der Waals surface area contributed by atoms with Crippen molar-refractivity contribution in [1.82, 2.24) is 15.1 Å². The highest BCUT2D eigenvalue weighted by atomic mass is 16.5. The molecule has 0 saturated heterocycles. The first-order valence-electron chi connectivity index (χ1n) is 6.24. The van der Waals surface area contributed by atoms with Gasteiger partial charge in [0.15, 0.2) is 5.82 Å². The summed E-state index contributed by atoms with van der Waals surface area (Å²) in [6, 6.07) is 9.84. The van der Waals surface area contributed by atoms with Gasteiger partial charge in [0, 0.05) is 17.0 Å². The Balaban J connectivity index is 2.17. The van der Waals surface area contributed by atoms with Crippen LogP contribution >= 0.6 is 0 Å².